The fraction of sp³-hybridized carbons (Fsp3) is 0.389. The minimum absolute atomic E-state index is 0.0486. The van der Waals surface area contributed by atoms with Crippen molar-refractivity contribution in [2.24, 2.45) is 5.73 Å². The average molecular weight is 281 g/mol. The molecule has 0 radical (unpaired) electrons. The molecule has 0 spiro atoms. The Morgan fingerprint density at radius 2 is 1.76 bits per heavy atom. The Kier molecular flexibility index (Phi) is 4.20. The summed E-state index contributed by atoms with van der Waals surface area (Å²) in [6, 6.07) is 13.1. The molecule has 0 aliphatic carbocycles. The van der Waals surface area contributed by atoms with Gasteiger partial charge in [0.2, 0.25) is 0 Å². The molecule has 2 aromatic rings. The number of rotatable bonds is 3. The summed E-state index contributed by atoms with van der Waals surface area (Å²) in [5.41, 5.74) is 11.2. The zero-order chi connectivity index (χ0) is 14.7. The lowest BCUT2D eigenvalue weighted by molar-refractivity contribution is 0.674. The second kappa shape index (κ2) is 6.27. The standard InChI is InChI=1S/C18H23N3/c1-2-17(19)18-8-7-16(13-20-18)21-11-9-14-5-3-4-6-15(14)10-12-21/h3-8,13,17H,2,9-12,19H2,1H3/t17-/m1/s1. The second-order valence-corrected chi connectivity index (χ2v) is 5.71. The van der Waals surface area contributed by atoms with Gasteiger partial charge in [-0.2, -0.15) is 0 Å². The summed E-state index contributed by atoms with van der Waals surface area (Å²) < 4.78 is 0. The zero-order valence-corrected chi connectivity index (χ0v) is 12.6. The maximum absolute atomic E-state index is 6.03. The largest absolute Gasteiger partial charge is 0.370 e. The summed E-state index contributed by atoms with van der Waals surface area (Å²) in [6.07, 6.45) is 5.10. The molecule has 0 amide bonds. The van der Waals surface area contributed by atoms with E-state index in [0.717, 1.165) is 38.0 Å². The first kappa shape index (κ1) is 14.1. The Hall–Kier alpha value is -1.87. The highest BCUT2D eigenvalue weighted by Crippen LogP contribution is 2.21. The first-order valence-corrected chi connectivity index (χ1v) is 7.81. The molecule has 2 N–H and O–H groups in total. The van der Waals surface area contributed by atoms with E-state index in [1.807, 2.05) is 6.20 Å². The summed E-state index contributed by atoms with van der Waals surface area (Å²) in [6.45, 7) is 4.20. The van der Waals surface area contributed by atoms with Crippen molar-refractivity contribution in [1.82, 2.24) is 4.98 Å². The van der Waals surface area contributed by atoms with Crippen molar-refractivity contribution >= 4 is 5.69 Å². The van der Waals surface area contributed by atoms with Gasteiger partial charge < -0.3 is 10.6 Å². The fourth-order valence-electron chi connectivity index (χ4n) is 2.94. The molecule has 2 heterocycles. The highest BCUT2D eigenvalue weighted by Gasteiger charge is 2.14. The third kappa shape index (κ3) is 3.08. The first-order valence-electron chi connectivity index (χ1n) is 7.81. The SMILES string of the molecule is CC[C@@H](N)c1ccc(N2CCc3ccccc3CC2)cn1. The lowest BCUT2D eigenvalue weighted by Crippen LogP contribution is -2.26. The average Bonchev–Trinajstić information content (AvgIpc) is 2.77. The molecule has 110 valence electrons. The van der Waals surface area contributed by atoms with E-state index in [-0.39, 0.29) is 6.04 Å². The van der Waals surface area contributed by atoms with E-state index in [1.165, 1.54) is 16.8 Å². The molecular formula is C18H23N3. The molecule has 0 fully saturated rings. The summed E-state index contributed by atoms with van der Waals surface area (Å²) in [7, 11) is 0. The number of benzene rings is 1. The van der Waals surface area contributed by atoms with Crippen molar-refractivity contribution in [3.63, 3.8) is 0 Å². The molecule has 0 bridgehead atoms. The minimum atomic E-state index is 0.0486. The van der Waals surface area contributed by atoms with Crippen LogP contribution >= 0.6 is 0 Å². The zero-order valence-electron chi connectivity index (χ0n) is 12.6. The van der Waals surface area contributed by atoms with Crippen LogP contribution in [0.4, 0.5) is 5.69 Å². The molecule has 3 heteroatoms. The Morgan fingerprint density at radius 3 is 2.29 bits per heavy atom. The molecule has 0 unspecified atom stereocenters. The Morgan fingerprint density at radius 1 is 1.10 bits per heavy atom. The van der Waals surface area contributed by atoms with Gasteiger partial charge in [-0.1, -0.05) is 31.2 Å². The van der Waals surface area contributed by atoms with E-state index >= 15 is 0 Å². The van der Waals surface area contributed by atoms with Crippen molar-refractivity contribution in [2.75, 3.05) is 18.0 Å². The van der Waals surface area contributed by atoms with E-state index in [2.05, 4.69) is 53.2 Å². The first-order chi connectivity index (χ1) is 10.3. The second-order valence-electron chi connectivity index (χ2n) is 5.71. The van der Waals surface area contributed by atoms with Crippen molar-refractivity contribution in [3.05, 3.63) is 59.4 Å². The van der Waals surface area contributed by atoms with Gasteiger partial charge in [-0.25, -0.2) is 0 Å². The van der Waals surface area contributed by atoms with Crippen molar-refractivity contribution in [1.29, 1.82) is 0 Å². The number of anilines is 1. The molecule has 0 saturated carbocycles. The molecule has 3 nitrogen and oxygen atoms in total. The van der Waals surface area contributed by atoms with Crippen molar-refractivity contribution < 1.29 is 0 Å². The number of aromatic nitrogens is 1. The molecule has 1 aromatic carbocycles. The maximum atomic E-state index is 6.03. The van der Waals surface area contributed by atoms with E-state index in [0.29, 0.717) is 0 Å². The fourth-order valence-corrected chi connectivity index (χ4v) is 2.94. The summed E-state index contributed by atoms with van der Waals surface area (Å²) in [4.78, 5) is 6.96. The van der Waals surface area contributed by atoms with Gasteiger partial charge in [-0.15, -0.1) is 0 Å². The van der Waals surface area contributed by atoms with Crippen LogP contribution in [-0.4, -0.2) is 18.1 Å². The van der Waals surface area contributed by atoms with Crippen LogP contribution in [0.15, 0.2) is 42.6 Å². The van der Waals surface area contributed by atoms with Crippen LogP contribution in [0.25, 0.3) is 0 Å². The number of pyridine rings is 1. The van der Waals surface area contributed by atoms with Crippen LogP contribution in [0.1, 0.15) is 36.2 Å². The quantitative estimate of drug-likeness (QED) is 0.940. The van der Waals surface area contributed by atoms with E-state index in [4.69, 9.17) is 5.73 Å². The van der Waals surface area contributed by atoms with Crippen molar-refractivity contribution in [3.8, 4) is 0 Å². The van der Waals surface area contributed by atoms with E-state index < -0.39 is 0 Å². The smallest absolute Gasteiger partial charge is 0.0572 e. The number of nitrogens with two attached hydrogens (primary N) is 1. The van der Waals surface area contributed by atoms with Gasteiger partial charge in [-0.3, -0.25) is 4.98 Å². The number of hydrogen-bond acceptors (Lipinski definition) is 3. The molecular weight excluding hydrogens is 258 g/mol. The third-order valence-electron chi connectivity index (χ3n) is 4.38. The normalized spacial score (nSPS) is 16.2. The number of nitrogens with zero attached hydrogens (tertiary/aromatic N) is 2. The summed E-state index contributed by atoms with van der Waals surface area (Å²) in [5, 5.41) is 0. The Labute approximate surface area is 126 Å². The van der Waals surface area contributed by atoms with Gasteiger partial charge in [0.25, 0.3) is 0 Å². The van der Waals surface area contributed by atoms with E-state index in [1.54, 1.807) is 0 Å². The predicted octanol–water partition coefficient (Wildman–Crippen LogP) is 3.10. The topological polar surface area (TPSA) is 42.1 Å². The van der Waals surface area contributed by atoms with Crippen LogP contribution in [0.2, 0.25) is 0 Å². The van der Waals surface area contributed by atoms with Gasteiger partial charge in [0, 0.05) is 19.1 Å². The van der Waals surface area contributed by atoms with Crippen LogP contribution in [0.5, 0.6) is 0 Å². The minimum Gasteiger partial charge on any atom is -0.370 e. The predicted molar refractivity (Wildman–Crippen MR) is 87.5 cm³/mol. The van der Waals surface area contributed by atoms with Crippen molar-refractivity contribution in [2.45, 2.75) is 32.2 Å². The molecule has 1 aliphatic rings. The van der Waals surface area contributed by atoms with Gasteiger partial charge in [0.05, 0.1) is 17.6 Å². The number of hydrogen-bond donors (Lipinski definition) is 1. The van der Waals surface area contributed by atoms with Crippen LogP contribution in [0.3, 0.4) is 0 Å². The Bertz CT molecular complexity index is 565. The summed E-state index contributed by atoms with van der Waals surface area (Å²) >= 11 is 0. The van der Waals surface area contributed by atoms with Gasteiger partial charge in [0.1, 0.15) is 0 Å². The molecule has 21 heavy (non-hydrogen) atoms. The molecule has 1 atom stereocenters. The van der Waals surface area contributed by atoms with Gasteiger partial charge >= 0.3 is 0 Å². The molecule has 0 saturated heterocycles. The monoisotopic (exact) mass is 281 g/mol. The van der Waals surface area contributed by atoms with Crippen LogP contribution < -0.4 is 10.6 Å². The van der Waals surface area contributed by atoms with Gasteiger partial charge in [0.15, 0.2) is 0 Å². The van der Waals surface area contributed by atoms with E-state index in [9.17, 15) is 0 Å². The third-order valence-corrected chi connectivity index (χ3v) is 4.38. The summed E-state index contributed by atoms with van der Waals surface area (Å²) in [5.74, 6) is 0. The molecule has 1 aliphatic heterocycles. The Balaban J connectivity index is 1.74. The highest BCUT2D eigenvalue weighted by molar-refractivity contribution is 5.46. The maximum Gasteiger partial charge on any atom is 0.0572 e. The molecule has 1 aromatic heterocycles. The number of fused-ring (bicyclic) bond motifs is 1. The lowest BCUT2D eigenvalue weighted by atomic mass is 10.0. The van der Waals surface area contributed by atoms with Crippen LogP contribution in [-0.2, 0) is 12.8 Å². The lowest BCUT2D eigenvalue weighted by Gasteiger charge is -2.22. The molecule has 3 rings (SSSR count). The highest BCUT2D eigenvalue weighted by atomic mass is 15.1. The van der Waals surface area contributed by atoms with Gasteiger partial charge in [-0.05, 0) is 42.5 Å². The van der Waals surface area contributed by atoms with Crippen LogP contribution in [0, 0.1) is 0 Å².